The molecule has 1 rings (SSSR count). The van der Waals surface area contributed by atoms with Crippen LogP contribution < -0.4 is 5.32 Å². The standard InChI is InChI=1S/C15H23F2NS/c1-5-6-7-19-14-12(16)8-11(9-13(14)17)10-18-15(2,3)4/h8-9,18H,5-7,10H2,1-4H3. The summed E-state index contributed by atoms with van der Waals surface area (Å²) in [5, 5.41) is 3.22. The molecule has 0 atom stereocenters. The van der Waals surface area contributed by atoms with E-state index >= 15 is 0 Å². The predicted molar refractivity (Wildman–Crippen MR) is 78.6 cm³/mol. The maximum atomic E-state index is 13.9. The van der Waals surface area contributed by atoms with E-state index in [0.717, 1.165) is 18.6 Å². The minimum absolute atomic E-state index is 0.0680. The van der Waals surface area contributed by atoms with E-state index in [-0.39, 0.29) is 10.4 Å². The first-order valence-electron chi connectivity index (χ1n) is 6.69. The molecule has 1 aromatic carbocycles. The van der Waals surface area contributed by atoms with Gasteiger partial charge in [-0.15, -0.1) is 11.8 Å². The van der Waals surface area contributed by atoms with Crippen LogP contribution >= 0.6 is 11.8 Å². The molecule has 19 heavy (non-hydrogen) atoms. The van der Waals surface area contributed by atoms with Crippen molar-refractivity contribution in [2.45, 2.75) is 57.5 Å². The summed E-state index contributed by atoms with van der Waals surface area (Å²) < 4.78 is 27.7. The van der Waals surface area contributed by atoms with Gasteiger partial charge in [0.05, 0.1) is 4.90 Å². The maximum Gasteiger partial charge on any atom is 0.140 e. The molecule has 1 nitrogen and oxygen atoms in total. The van der Waals surface area contributed by atoms with Crippen molar-refractivity contribution in [1.82, 2.24) is 5.32 Å². The molecular weight excluding hydrogens is 264 g/mol. The summed E-state index contributed by atoms with van der Waals surface area (Å²) in [4.78, 5) is 0.146. The van der Waals surface area contributed by atoms with Crippen molar-refractivity contribution in [1.29, 1.82) is 0 Å². The number of hydrogen-bond donors (Lipinski definition) is 1. The van der Waals surface area contributed by atoms with Gasteiger partial charge in [-0.05, 0) is 50.6 Å². The number of benzene rings is 1. The highest BCUT2D eigenvalue weighted by Crippen LogP contribution is 2.27. The lowest BCUT2D eigenvalue weighted by Gasteiger charge is -2.20. The molecule has 0 bridgehead atoms. The van der Waals surface area contributed by atoms with Gasteiger partial charge in [-0.3, -0.25) is 0 Å². The number of unbranched alkanes of at least 4 members (excludes halogenated alkanes) is 1. The second kappa shape index (κ2) is 7.25. The third-order valence-corrected chi connectivity index (χ3v) is 3.80. The van der Waals surface area contributed by atoms with Gasteiger partial charge in [-0.2, -0.15) is 0 Å². The summed E-state index contributed by atoms with van der Waals surface area (Å²) in [6.07, 6.45) is 2.00. The van der Waals surface area contributed by atoms with Crippen molar-refractivity contribution in [3.63, 3.8) is 0 Å². The van der Waals surface area contributed by atoms with E-state index < -0.39 is 11.6 Å². The molecule has 108 valence electrons. The Morgan fingerprint density at radius 2 is 1.74 bits per heavy atom. The van der Waals surface area contributed by atoms with E-state index in [1.165, 1.54) is 23.9 Å². The van der Waals surface area contributed by atoms with Crippen LogP contribution in [0.3, 0.4) is 0 Å². The lowest BCUT2D eigenvalue weighted by Crippen LogP contribution is -2.35. The molecule has 0 aliphatic carbocycles. The molecule has 0 saturated carbocycles. The van der Waals surface area contributed by atoms with Gasteiger partial charge in [0.25, 0.3) is 0 Å². The van der Waals surface area contributed by atoms with E-state index in [0.29, 0.717) is 12.1 Å². The van der Waals surface area contributed by atoms with Crippen LogP contribution in [0.25, 0.3) is 0 Å². The SMILES string of the molecule is CCCCSc1c(F)cc(CNC(C)(C)C)cc1F. The maximum absolute atomic E-state index is 13.9. The summed E-state index contributed by atoms with van der Waals surface area (Å²) in [6, 6.07) is 2.85. The molecule has 0 fully saturated rings. The monoisotopic (exact) mass is 287 g/mol. The summed E-state index contributed by atoms with van der Waals surface area (Å²) in [5.74, 6) is -0.150. The number of hydrogen-bond acceptors (Lipinski definition) is 2. The molecule has 1 aromatic rings. The van der Waals surface area contributed by atoms with Crippen molar-refractivity contribution < 1.29 is 8.78 Å². The second-order valence-electron chi connectivity index (χ2n) is 5.69. The minimum Gasteiger partial charge on any atom is -0.308 e. The lowest BCUT2D eigenvalue weighted by molar-refractivity contribution is 0.422. The molecule has 1 N–H and O–H groups in total. The first-order valence-corrected chi connectivity index (χ1v) is 7.68. The van der Waals surface area contributed by atoms with Crippen LogP contribution in [-0.4, -0.2) is 11.3 Å². The van der Waals surface area contributed by atoms with Crippen LogP contribution in [0.5, 0.6) is 0 Å². The number of thioether (sulfide) groups is 1. The van der Waals surface area contributed by atoms with Crippen molar-refractivity contribution in [3.8, 4) is 0 Å². The first kappa shape index (κ1) is 16.4. The number of nitrogens with one attached hydrogen (secondary N) is 1. The largest absolute Gasteiger partial charge is 0.308 e. The zero-order chi connectivity index (χ0) is 14.5. The fraction of sp³-hybridized carbons (Fsp3) is 0.600. The molecule has 0 unspecified atom stereocenters. The van der Waals surface area contributed by atoms with Gasteiger partial charge in [-0.25, -0.2) is 8.78 Å². The fourth-order valence-corrected chi connectivity index (χ4v) is 2.57. The van der Waals surface area contributed by atoms with Crippen LogP contribution in [0.1, 0.15) is 46.1 Å². The number of rotatable bonds is 6. The average Bonchev–Trinajstić information content (AvgIpc) is 2.29. The van der Waals surface area contributed by atoms with Crippen LogP contribution in [0.15, 0.2) is 17.0 Å². The minimum atomic E-state index is -0.452. The third kappa shape index (κ3) is 5.91. The van der Waals surface area contributed by atoms with Gasteiger partial charge in [0, 0.05) is 12.1 Å². The van der Waals surface area contributed by atoms with Crippen molar-refractivity contribution in [2.75, 3.05) is 5.75 Å². The van der Waals surface area contributed by atoms with Crippen molar-refractivity contribution in [3.05, 3.63) is 29.3 Å². The Bertz CT molecular complexity index is 390. The van der Waals surface area contributed by atoms with Gasteiger partial charge in [0.1, 0.15) is 11.6 Å². The lowest BCUT2D eigenvalue weighted by atomic mass is 10.1. The topological polar surface area (TPSA) is 12.0 Å². The van der Waals surface area contributed by atoms with Gasteiger partial charge < -0.3 is 5.32 Å². The zero-order valence-corrected chi connectivity index (χ0v) is 13.0. The third-order valence-electron chi connectivity index (χ3n) is 2.63. The highest BCUT2D eigenvalue weighted by atomic mass is 32.2. The van der Waals surface area contributed by atoms with Crippen LogP contribution in [0, 0.1) is 11.6 Å². The van der Waals surface area contributed by atoms with E-state index in [4.69, 9.17) is 0 Å². The Morgan fingerprint density at radius 3 is 2.21 bits per heavy atom. The van der Waals surface area contributed by atoms with Gasteiger partial charge >= 0.3 is 0 Å². The van der Waals surface area contributed by atoms with Crippen LogP contribution in [0.2, 0.25) is 0 Å². The van der Waals surface area contributed by atoms with E-state index in [1.807, 2.05) is 20.8 Å². The summed E-state index contributed by atoms with van der Waals surface area (Å²) in [7, 11) is 0. The molecule has 0 aromatic heterocycles. The van der Waals surface area contributed by atoms with Gasteiger partial charge in [-0.1, -0.05) is 13.3 Å². The molecule has 0 heterocycles. The van der Waals surface area contributed by atoms with E-state index in [2.05, 4.69) is 12.2 Å². The summed E-state index contributed by atoms with van der Waals surface area (Å²) >= 11 is 1.26. The second-order valence-corrected chi connectivity index (χ2v) is 6.80. The average molecular weight is 287 g/mol. The Hall–Kier alpha value is -0.610. The fourth-order valence-electron chi connectivity index (χ4n) is 1.54. The molecule has 0 aliphatic rings. The number of halogens is 2. The van der Waals surface area contributed by atoms with Crippen molar-refractivity contribution >= 4 is 11.8 Å². The molecule has 0 aliphatic heterocycles. The predicted octanol–water partition coefficient (Wildman–Crippen LogP) is 4.75. The van der Waals surface area contributed by atoms with Crippen LogP contribution in [-0.2, 0) is 6.54 Å². The molecule has 0 radical (unpaired) electrons. The summed E-state index contributed by atoms with van der Waals surface area (Å²) in [5.41, 5.74) is 0.575. The molecule has 0 saturated heterocycles. The van der Waals surface area contributed by atoms with Crippen molar-refractivity contribution in [2.24, 2.45) is 0 Å². The molecular formula is C15H23F2NS. The van der Waals surface area contributed by atoms with E-state index in [1.54, 1.807) is 0 Å². The van der Waals surface area contributed by atoms with Gasteiger partial charge in [0.2, 0.25) is 0 Å². The van der Waals surface area contributed by atoms with E-state index in [9.17, 15) is 8.78 Å². The van der Waals surface area contributed by atoms with Gasteiger partial charge in [0.15, 0.2) is 0 Å². The van der Waals surface area contributed by atoms with Crippen LogP contribution in [0.4, 0.5) is 8.78 Å². The quantitative estimate of drug-likeness (QED) is 0.599. The first-order chi connectivity index (χ1) is 8.83. The normalized spacial score (nSPS) is 11.9. The Kier molecular flexibility index (Phi) is 6.27. The Labute approximate surface area is 119 Å². The molecule has 4 heteroatoms. The summed E-state index contributed by atoms with van der Waals surface area (Å²) in [6.45, 7) is 8.60. The smallest absolute Gasteiger partial charge is 0.140 e. The zero-order valence-electron chi connectivity index (χ0n) is 12.1. The highest BCUT2D eigenvalue weighted by molar-refractivity contribution is 7.99. The Balaban J connectivity index is 2.73. The highest BCUT2D eigenvalue weighted by Gasteiger charge is 2.13. The molecule has 0 amide bonds. The Morgan fingerprint density at radius 1 is 1.16 bits per heavy atom. The molecule has 0 spiro atoms.